The number of piperidine rings is 1. The number of carbonyl (C=O) groups is 1. The van der Waals surface area contributed by atoms with Gasteiger partial charge in [0.2, 0.25) is 5.91 Å². The number of rotatable bonds is 7. The molecule has 1 fully saturated rings. The molecule has 7 heteroatoms. The van der Waals surface area contributed by atoms with Crippen LogP contribution in [-0.4, -0.2) is 34.1 Å². The number of benzene rings is 2. The molecule has 1 aromatic heterocycles. The van der Waals surface area contributed by atoms with Crippen LogP contribution in [0.1, 0.15) is 36.8 Å². The molecule has 1 saturated heterocycles. The number of aryl methyl sites for hydroxylation is 1. The maximum Gasteiger partial charge on any atom is 0.224 e. The van der Waals surface area contributed by atoms with Gasteiger partial charge in [-0.05, 0) is 74.5 Å². The first-order valence-corrected chi connectivity index (χ1v) is 11.0. The topological polar surface area (TPSA) is 61.0 Å². The highest BCUT2D eigenvalue weighted by atomic mass is 19.1. The number of hydrogen-bond donors (Lipinski definition) is 2. The predicted molar refractivity (Wildman–Crippen MR) is 121 cm³/mol. The molecule has 0 spiro atoms. The van der Waals surface area contributed by atoms with Crippen molar-refractivity contribution in [1.82, 2.24) is 15.1 Å². The first kappa shape index (κ1) is 22.1. The van der Waals surface area contributed by atoms with Crippen LogP contribution in [-0.2, 0) is 11.3 Å². The van der Waals surface area contributed by atoms with E-state index in [2.05, 4.69) is 20.4 Å². The zero-order valence-electron chi connectivity index (χ0n) is 18.2. The molecule has 2 aromatic carbocycles. The van der Waals surface area contributed by atoms with E-state index in [0.29, 0.717) is 18.0 Å². The Morgan fingerprint density at radius 2 is 2.06 bits per heavy atom. The number of halogens is 2. The number of aromatic nitrogens is 2. The van der Waals surface area contributed by atoms with Crippen molar-refractivity contribution in [2.45, 2.75) is 39.2 Å². The summed E-state index contributed by atoms with van der Waals surface area (Å²) in [5.41, 5.74) is 4.06. The van der Waals surface area contributed by atoms with Crippen LogP contribution in [0.3, 0.4) is 0 Å². The average molecular weight is 439 g/mol. The Labute approximate surface area is 186 Å². The van der Waals surface area contributed by atoms with E-state index in [1.165, 1.54) is 24.3 Å². The number of hydrogen-bond acceptors (Lipinski definition) is 3. The monoisotopic (exact) mass is 438 g/mol. The first-order chi connectivity index (χ1) is 15.5. The molecular formula is C25H28F2N4O. The highest BCUT2D eigenvalue weighted by Crippen LogP contribution is 2.27. The lowest BCUT2D eigenvalue weighted by molar-refractivity contribution is -0.116. The molecule has 168 valence electrons. The molecule has 1 atom stereocenters. The number of H-pyrrole nitrogens is 1. The van der Waals surface area contributed by atoms with Gasteiger partial charge in [-0.3, -0.25) is 14.8 Å². The lowest BCUT2D eigenvalue weighted by Crippen LogP contribution is -2.35. The molecule has 32 heavy (non-hydrogen) atoms. The van der Waals surface area contributed by atoms with Crippen molar-refractivity contribution in [3.05, 3.63) is 71.4 Å². The van der Waals surface area contributed by atoms with E-state index in [0.717, 1.165) is 61.3 Å². The van der Waals surface area contributed by atoms with Crippen molar-refractivity contribution in [1.29, 1.82) is 0 Å². The molecular weight excluding hydrogens is 410 g/mol. The summed E-state index contributed by atoms with van der Waals surface area (Å²) in [6, 6.07) is 10.9. The summed E-state index contributed by atoms with van der Waals surface area (Å²) in [5.74, 6) is -0.176. The Bertz CT molecular complexity index is 1080. The Kier molecular flexibility index (Phi) is 6.95. The van der Waals surface area contributed by atoms with E-state index in [1.54, 1.807) is 19.1 Å². The predicted octanol–water partition coefficient (Wildman–Crippen LogP) is 5.29. The zero-order valence-corrected chi connectivity index (χ0v) is 18.2. The molecule has 4 rings (SSSR count). The lowest BCUT2D eigenvalue weighted by atomic mass is 9.92. The van der Waals surface area contributed by atoms with Crippen LogP contribution in [0.15, 0.2) is 48.7 Å². The van der Waals surface area contributed by atoms with Gasteiger partial charge in [0.15, 0.2) is 0 Å². The molecule has 1 aliphatic heterocycles. The van der Waals surface area contributed by atoms with E-state index in [-0.39, 0.29) is 17.5 Å². The van der Waals surface area contributed by atoms with Crippen molar-refractivity contribution in [3.63, 3.8) is 0 Å². The highest BCUT2D eigenvalue weighted by Gasteiger charge is 2.22. The number of aromatic amines is 1. The van der Waals surface area contributed by atoms with Crippen molar-refractivity contribution >= 4 is 11.6 Å². The van der Waals surface area contributed by atoms with E-state index in [9.17, 15) is 13.6 Å². The van der Waals surface area contributed by atoms with Crippen LogP contribution in [0.2, 0.25) is 0 Å². The summed E-state index contributed by atoms with van der Waals surface area (Å²) in [6.45, 7) is 4.42. The van der Waals surface area contributed by atoms with Gasteiger partial charge < -0.3 is 5.32 Å². The van der Waals surface area contributed by atoms with Gasteiger partial charge in [0.05, 0.1) is 11.9 Å². The number of nitrogens with one attached hydrogen (secondary N) is 2. The minimum absolute atomic E-state index is 0.0416. The van der Waals surface area contributed by atoms with Crippen molar-refractivity contribution in [2.24, 2.45) is 5.92 Å². The van der Waals surface area contributed by atoms with Crippen molar-refractivity contribution < 1.29 is 13.6 Å². The Morgan fingerprint density at radius 3 is 2.88 bits per heavy atom. The van der Waals surface area contributed by atoms with Crippen LogP contribution >= 0.6 is 0 Å². The smallest absolute Gasteiger partial charge is 0.224 e. The second-order valence-corrected chi connectivity index (χ2v) is 8.57. The molecule has 2 heterocycles. The maximum absolute atomic E-state index is 13.6. The molecule has 3 aromatic rings. The number of likely N-dealkylation sites (tertiary alicyclic amines) is 1. The van der Waals surface area contributed by atoms with E-state index in [4.69, 9.17) is 0 Å². The summed E-state index contributed by atoms with van der Waals surface area (Å²) in [7, 11) is 0. The van der Waals surface area contributed by atoms with Crippen LogP contribution in [0.4, 0.5) is 14.5 Å². The molecule has 0 aliphatic carbocycles. The molecule has 0 unspecified atom stereocenters. The van der Waals surface area contributed by atoms with Crippen LogP contribution in [0, 0.1) is 24.5 Å². The number of amides is 1. The summed E-state index contributed by atoms with van der Waals surface area (Å²) in [5, 5.41) is 10.1. The quantitative estimate of drug-likeness (QED) is 0.527. The third kappa shape index (κ3) is 5.59. The summed E-state index contributed by atoms with van der Waals surface area (Å²) in [6.07, 6.45) is 5.24. The average Bonchev–Trinajstić information content (AvgIpc) is 3.23. The largest absolute Gasteiger partial charge is 0.326 e. The van der Waals surface area contributed by atoms with Crippen molar-refractivity contribution in [2.75, 3.05) is 18.4 Å². The van der Waals surface area contributed by atoms with Crippen LogP contribution < -0.4 is 5.32 Å². The maximum atomic E-state index is 13.6. The Balaban J connectivity index is 1.31. The molecule has 0 bridgehead atoms. The van der Waals surface area contributed by atoms with Crippen LogP contribution in [0.5, 0.6) is 0 Å². The highest BCUT2D eigenvalue weighted by molar-refractivity contribution is 5.91. The van der Waals surface area contributed by atoms with Gasteiger partial charge in [-0.2, -0.15) is 5.10 Å². The SMILES string of the molecule is Cc1cc(F)ccc1NC(=O)CC[C@@H]1CCCN(Cc2cn[nH]c2-c2cccc(F)c2)C1. The fourth-order valence-electron chi connectivity index (χ4n) is 4.41. The fourth-order valence-corrected chi connectivity index (χ4v) is 4.41. The van der Waals surface area contributed by atoms with Crippen molar-refractivity contribution in [3.8, 4) is 11.3 Å². The molecule has 1 aliphatic rings. The number of anilines is 1. The molecule has 1 amide bonds. The second kappa shape index (κ2) is 10.0. The van der Waals surface area contributed by atoms with Gasteiger partial charge in [-0.1, -0.05) is 12.1 Å². The zero-order chi connectivity index (χ0) is 22.5. The molecule has 5 nitrogen and oxygen atoms in total. The van der Waals surface area contributed by atoms with Gasteiger partial charge in [-0.25, -0.2) is 8.78 Å². The minimum atomic E-state index is -0.305. The first-order valence-electron chi connectivity index (χ1n) is 11.0. The Morgan fingerprint density at radius 1 is 1.22 bits per heavy atom. The van der Waals surface area contributed by atoms with E-state index >= 15 is 0 Å². The van der Waals surface area contributed by atoms with E-state index in [1.807, 2.05) is 12.3 Å². The standard InChI is InChI=1S/C25H28F2N4O/c1-17-12-22(27)8-9-23(17)29-24(32)10-7-18-4-3-11-31(15-18)16-20-14-28-30-25(20)19-5-2-6-21(26)13-19/h2,5-6,8-9,12-14,18H,3-4,7,10-11,15-16H2,1H3,(H,28,30)(H,29,32)/t18-/m0/s1. The Hall–Kier alpha value is -3.06. The third-order valence-electron chi connectivity index (χ3n) is 6.07. The van der Waals surface area contributed by atoms with E-state index < -0.39 is 0 Å². The number of carbonyl (C=O) groups excluding carboxylic acids is 1. The summed E-state index contributed by atoms with van der Waals surface area (Å²) >= 11 is 0. The minimum Gasteiger partial charge on any atom is -0.326 e. The van der Waals surface area contributed by atoms with Crippen LogP contribution in [0.25, 0.3) is 11.3 Å². The van der Waals surface area contributed by atoms with Gasteiger partial charge in [0.25, 0.3) is 0 Å². The lowest BCUT2D eigenvalue weighted by Gasteiger charge is -2.32. The molecule has 0 saturated carbocycles. The van der Waals surface area contributed by atoms with Gasteiger partial charge >= 0.3 is 0 Å². The van der Waals surface area contributed by atoms with Gasteiger partial charge in [0, 0.05) is 36.3 Å². The third-order valence-corrected chi connectivity index (χ3v) is 6.07. The summed E-state index contributed by atoms with van der Waals surface area (Å²) in [4.78, 5) is 14.8. The fraction of sp³-hybridized carbons (Fsp3) is 0.360. The normalized spacial score (nSPS) is 16.8. The molecule has 2 N–H and O–H groups in total. The van der Waals surface area contributed by atoms with Gasteiger partial charge in [-0.15, -0.1) is 0 Å². The van der Waals surface area contributed by atoms with Gasteiger partial charge in [0.1, 0.15) is 11.6 Å². The summed E-state index contributed by atoms with van der Waals surface area (Å²) < 4.78 is 26.9. The molecule has 0 radical (unpaired) electrons. The second-order valence-electron chi connectivity index (χ2n) is 8.57. The number of nitrogens with zero attached hydrogens (tertiary/aromatic N) is 2.